The topological polar surface area (TPSA) is 57.7 Å². The number of nitrogens with zero attached hydrogens (tertiary/aromatic N) is 2. The van der Waals surface area contributed by atoms with Crippen molar-refractivity contribution >= 4 is 17.8 Å². The molecule has 2 aliphatic rings. The largest absolute Gasteiger partial charge is 0.334 e. The average Bonchev–Trinajstić information content (AvgIpc) is 3.00. The van der Waals surface area contributed by atoms with Crippen LogP contribution in [0.4, 0.5) is 13.6 Å². The van der Waals surface area contributed by atoms with Gasteiger partial charge in [0, 0.05) is 19.4 Å². The molecule has 1 aromatic carbocycles. The Morgan fingerprint density at radius 2 is 1.83 bits per heavy atom. The molecule has 0 spiro atoms. The predicted octanol–water partition coefficient (Wildman–Crippen LogP) is 2.97. The first kappa shape index (κ1) is 16.5. The van der Waals surface area contributed by atoms with Crippen molar-refractivity contribution in [1.29, 1.82) is 0 Å². The molecule has 2 atom stereocenters. The van der Waals surface area contributed by atoms with E-state index < -0.39 is 35.7 Å². The highest BCUT2D eigenvalue weighted by molar-refractivity contribution is 6.44. The molecule has 1 saturated carbocycles. The van der Waals surface area contributed by atoms with Crippen molar-refractivity contribution in [3.63, 3.8) is 0 Å². The molecule has 1 saturated heterocycles. The van der Waals surface area contributed by atoms with Crippen LogP contribution in [0.25, 0.3) is 0 Å². The van der Waals surface area contributed by atoms with Gasteiger partial charge in [-0.05, 0) is 24.8 Å². The molecule has 5 nitrogen and oxygen atoms in total. The second-order valence-electron chi connectivity index (χ2n) is 6.42. The number of halogens is 2. The minimum atomic E-state index is -2.75. The zero-order chi connectivity index (χ0) is 17.5. The SMILES string of the molecule is CC(c1ccccc1)N1C(=O)C(=O)N(CC2CCC(F)(F)C2)C1=O. The van der Waals surface area contributed by atoms with Crippen LogP contribution < -0.4 is 0 Å². The molecule has 1 heterocycles. The van der Waals surface area contributed by atoms with Crippen molar-refractivity contribution in [3.8, 4) is 0 Å². The Morgan fingerprint density at radius 3 is 2.42 bits per heavy atom. The van der Waals surface area contributed by atoms with Gasteiger partial charge in [-0.3, -0.25) is 14.5 Å². The number of imide groups is 2. The summed E-state index contributed by atoms with van der Waals surface area (Å²) in [5.41, 5.74) is 0.723. The third-order valence-electron chi connectivity index (χ3n) is 4.70. The molecule has 128 valence electrons. The maximum absolute atomic E-state index is 13.3. The Kier molecular flexibility index (Phi) is 4.11. The molecule has 24 heavy (non-hydrogen) atoms. The van der Waals surface area contributed by atoms with Gasteiger partial charge in [0.15, 0.2) is 0 Å². The molecule has 2 unspecified atom stereocenters. The van der Waals surface area contributed by atoms with Crippen LogP contribution in [0.2, 0.25) is 0 Å². The molecular weight excluding hydrogens is 318 g/mol. The smallest absolute Gasteiger partial charge is 0.263 e. The van der Waals surface area contributed by atoms with Crippen LogP contribution >= 0.6 is 0 Å². The lowest BCUT2D eigenvalue weighted by molar-refractivity contribution is -0.144. The maximum Gasteiger partial charge on any atom is 0.334 e. The number of carbonyl (C=O) groups excluding carboxylic acids is 3. The number of benzene rings is 1. The normalized spacial score (nSPS) is 24.8. The van der Waals surface area contributed by atoms with Crippen molar-refractivity contribution in [2.75, 3.05) is 6.54 Å². The van der Waals surface area contributed by atoms with Gasteiger partial charge in [-0.15, -0.1) is 0 Å². The summed E-state index contributed by atoms with van der Waals surface area (Å²) in [4.78, 5) is 38.6. The van der Waals surface area contributed by atoms with Crippen LogP contribution in [0.5, 0.6) is 0 Å². The Balaban J connectivity index is 1.76. The van der Waals surface area contributed by atoms with Gasteiger partial charge in [-0.2, -0.15) is 0 Å². The summed E-state index contributed by atoms with van der Waals surface area (Å²) in [6.07, 6.45) is -0.356. The first-order valence-corrected chi connectivity index (χ1v) is 7.92. The molecule has 0 aromatic heterocycles. The van der Waals surface area contributed by atoms with E-state index in [1.54, 1.807) is 31.2 Å². The first-order chi connectivity index (χ1) is 11.3. The van der Waals surface area contributed by atoms with Gasteiger partial charge in [-0.1, -0.05) is 30.3 Å². The van der Waals surface area contributed by atoms with Gasteiger partial charge in [0.2, 0.25) is 5.92 Å². The van der Waals surface area contributed by atoms with Gasteiger partial charge >= 0.3 is 17.8 Å². The van der Waals surface area contributed by atoms with Crippen molar-refractivity contribution in [2.24, 2.45) is 5.92 Å². The molecule has 0 bridgehead atoms. The molecule has 3 rings (SSSR count). The van der Waals surface area contributed by atoms with E-state index in [4.69, 9.17) is 0 Å². The summed E-state index contributed by atoms with van der Waals surface area (Å²) in [7, 11) is 0. The Bertz CT molecular complexity index is 678. The molecule has 7 heteroatoms. The summed E-state index contributed by atoms with van der Waals surface area (Å²) in [6.45, 7) is 1.53. The van der Waals surface area contributed by atoms with Crippen molar-refractivity contribution in [2.45, 2.75) is 38.2 Å². The maximum atomic E-state index is 13.3. The fraction of sp³-hybridized carbons (Fsp3) is 0.471. The zero-order valence-electron chi connectivity index (χ0n) is 13.2. The van der Waals surface area contributed by atoms with Crippen molar-refractivity contribution in [3.05, 3.63) is 35.9 Å². The number of urea groups is 1. The van der Waals surface area contributed by atoms with Gasteiger partial charge in [-0.25, -0.2) is 18.5 Å². The number of rotatable bonds is 4. The van der Waals surface area contributed by atoms with E-state index >= 15 is 0 Å². The second-order valence-corrected chi connectivity index (χ2v) is 6.42. The standard InChI is InChI=1S/C17H18F2N2O3/c1-11(13-5-3-2-4-6-13)21-15(23)14(22)20(16(21)24)10-12-7-8-17(18,19)9-12/h2-6,11-12H,7-10H2,1H3. The summed E-state index contributed by atoms with van der Waals surface area (Å²) >= 11 is 0. The fourth-order valence-corrected chi connectivity index (χ4v) is 3.36. The van der Waals surface area contributed by atoms with Crippen molar-refractivity contribution in [1.82, 2.24) is 9.80 Å². The summed E-state index contributed by atoms with van der Waals surface area (Å²) < 4.78 is 26.6. The minimum Gasteiger partial charge on any atom is -0.263 e. The van der Waals surface area contributed by atoms with E-state index in [1.165, 1.54) is 0 Å². The molecule has 2 fully saturated rings. The highest BCUT2D eigenvalue weighted by Gasteiger charge is 2.49. The zero-order valence-corrected chi connectivity index (χ0v) is 13.2. The molecular formula is C17H18F2N2O3. The first-order valence-electron chi connectivity index (χ1n) is 7.92. The van der Waals surface area contributed by atoms with E-state index in [9.17, 15) is 23.2 Å². The lowest BCUT2D eigenvalue weighted by Crippen LogP contribution is -2.37. The Hall–Kier alpha value is -2.31. The minimum absolute atomic E-state index is 0.128. The number of alkyl halides is 2. The van der Waals surface area contributed by atoms with Crippen LogP contribution in [0, 0.1) is 5.92 Å². The average molecular weight is 336 g/mol. The van der Waals surface area contributed by atoms with Gasteiger partial charge in [0.05, 0.1) is 6.04 Å². The molecule has 0 radical (unpaired) electrons. The second kappa shape index (κ2) is 5.96. The molecule has 1 aromatic rings. The van der Waals surface area contributed by atoms with E-state index in [-0.39, 0.29) is 25.8 Å². The summed E-state index contributed by atoms with van der Waals surface area (Å²) in [5.74, 6) is -5.05. The van der Waals surface area contributed by atoms with Crippen LogP contribution in [0.15, 0.2) is 30.3 Å². The third kappa shape index (κ3) is 2.90. The molecule has 0 N–H and O–H groups in total. The molecule has 1 aliphatic heterocycles. The van der Waals surface area contributed by atoms with Crippen molar-refractivity contribution < 1.29 is 23.2 Å². The lowest BCUT2D eigenvalue weighted by atomic mass is 10.1. The number of hydrogen-bond acceptors (Lipinski definition) is 3. The van der Waals surface area contributed by atoms with Gasteiger partial charge < -0.3 is 0 Å². The Labute approximate surface area is 138 Å². The highest BCUT2D eigenvalue weighted by atomic mass is 19.3. The quantitative estimate of drug-likeness (QED) is 0.627. The molecule has 1 aliphatic carbocycles. The van der Waals surface area contributed by atoms with Crippen LogP contribution in [0.1, 0.15) is 37.8 Å². The summed E-state index contributed by atoms with van der Waals surface area (Å²) in [5, 5.41) is 0. The fourth-order valence-electron chi connectivity index (χ4n) is 3.36. The molecule has 4 amide bonds. The van der Waals surface area contributed by atoms with E-state index in [0.29, 0.717) is 0 Å². The number of hydrogen-bond donors (Lipinski definition) is 0. The number of amides is 4. The van der Waals surface area contributed by atoms with E-state index in [0.717, 1.165) is 15.4 Å². The summed E-state index contributed by atoms with van der Waals surface area (Å²) in [6, 6.07) is 7.56. The Morgan fingerprint density at radius 1 is 1.17 bits per heavy atom. The third-order valence-corrected chi connectivity index (χ3v) is 4.70. The lowest BCUT2D eigenvalue weighted by Gasteiger charge is -2.23. The predicted molar refractivity (Wildman–Crippen MR) is 81.1 cm³/mol. The number of carbonyl (C=O) groups is 3. The monoisotopic (exact) mass is 336 g/mol. The highest BCUT2D eigenvalue weighted by Crippen LogP contribution is 2.39. The van der Waals surface area contributed by atoms with E-state index in [2.05, 4.69) is 0 Å². The van der Waals surface area contributed by atoms with E-state index in [1.807, 2.05) is 6.07 Å². The van der Waals surface area contributed by atoms with Crippen LogP contribution in [-0.4, -0.2) is 40.1 Å². The van der Waals surface area contributed by atoms with Crippen LogP contribution in [0.3, 0.4) is 0 Å². The van der Waals surface area contributed by atoms with Crippen LogP contribution in [-0.2, 0) is 9.59 Å². The van der Waals surface area contributed by atoms with Gasteiger partial charge in [0.1, 0.15) is 0 Å². The van der Waals surface area contributed by atoms with Gasteiger partial charge in [0.25, 0.3) is 0 Å².